The van der Waals surface area contributed by atoms with Crippen LogP contribution >= 0.6 is 0 Å². The maximum Gasteiger partial charge on any atom is 0.243 e. The van der Waals surface area contributed by atoms with Crippen LogP contribution in [0.1, 0.15) is 11.5 Å². The molecule has 1 fully saturated rings. The Labute approximate surface area is 134 Å². The van der Waals surface area contributed by atoms with Crippen LogP contribution in [0.4, 0.5) is 0 Å². The second-order valence-corrected chi connectivity index (χ2v) is 7.14. The molecular formula is C15H18N2O5S. The molecule has 0 bridgehead atoms. The molecule has 1 aliphatic heterocycles. The van der Waals surface area contributed by atoms with Crippen molar-refractivity contribution in [2.75, 3.05) is 26.3 Å². The Morgan fingerprint density at radius 2 is 1.91 bits per heavy atom. The van der Waals surface area contributed by atoms with E-state index in [1.54, 1.807) is 30.3 Å². The summed E-state index contributed by atoms with van der Waals surface area (Å²) in [6.45, 7) is 3.70. The van der Waals surface area contributed by atoms with Crippen molar-refractivity contribution in [2.24, 2.45) is 0 Å². The third kappa shape index (κ3) is 3.72. The molecule has 7 nitrogen and oxygen atoms in total. The number of ether oxygens (including phenoxy) is 2. The predicted molar refractivity (Wildman–Crippen MR) is 81.6 cm³/mol. The van der Waals surface area contributed by atoms with Crippen LogP contribution in [-0.4, -0.2) is 44.2 Å². The van der Waals surface area contributed by atoms with Crippen molar-refractivity contribution in [2.45, 2.75) is 18.4 Å². The molecule has 0 atom stereocenters. The van der Waals surface area contributed by atoms with E-state index in [2.05, 4.69) is 5.16 Å². The highest BCUT2D eigenvalue weighted by atomic mass is 32.2. The number of sulfonamides is 1. The molecule has 3 rings (SSSR count). The van der Waals surface area contributed by atoms with Crippen molar-refractivity contribution < 1.29 is 22.4 Å². The summed E-state index contributed by atoms with van der Waals surface area (Å²) in [5, 5.41) is 3.83. The molecule has 0 spiro atoms. The largest absolute Gasteiger partial charge is 0.487 e. The van der Waals surface area contributed by atoms with Crippen LogP contribution in [0.2, 0.25) is 0 Å². The van der Waals surface area contributed by atoms with Crippen molar-refractivity contribution in [3.63, 3.8) is 0 Å². The van der Waals surface area contributed by atoms with Gasteiger partial charge in [0.25, 0.3) is 0 Å². The molecule has 0 N–H and O–H groups in total. The second-order valence-electron chi connectivity index (χ2n) is 5.21. The minimum absolute atomic E-state index is 0.254. The van der Waals surface area contributed by atoms with Crippen LogP contribution in [-0.2, 0) is 21.4 Å². The summed E-state index contributed by atoms with van der Waals surface area (Å²) in [4.78, 5) is 0.254. The predicted octanol–water partition coefficient (Wildman–Crippen LogP) is 1.58. The van der Waals surface area contributed by atoms with E-state index < -0.39 is 10.0 Å². The molecule has 1 aromatic carbocycles. The van der Waals surface area contributed by atoms with Crippen molar-refractivity contribution in [3.05, 3.63) is 41.8 Å². The third-order valence-corrected chi connectivity index (χ3v) is 5.41. The van der Waals surface area contributed by atoms with Gasteiger partial charge in [-0.3, -0.25) is 0 Å². The molecule has 0 aliphatic carbocycles. The number of hydrogen-bond donors (Lipinski definition) is 0. The zero-order valence-corrected chi connectivity index (χ0v) is 13.6. The Kier molecular flexibility index (Phi) is 4.65. The number of nitrogens with zero attached hydrogens (tertiary/aromatic N) is 2. The lowest BCUT2D eigenvalue weighted by Gasteiger charge is -2.26. The second kappa shape index (κ2) is 6.69. The van der Waals surface area contributed by atoms with E-state index in [1.165, 1.54) is 4.31 Å². The number of morpholine rings is 1. The Balaban J connectivity index is 1.66. The maximum atomic E-state index is 12.5. The van der Waals surface area contributed by atoms with E-state index in [0.717, 1.165) is 5.76 Å². The zero-order valence-electron chi connectivity index (χ0n) is 12.8. The van der Waals surface area contributed by atoms with E-state index in [1.807, 2.05) is 6.92 Å². The first-order valence-corrected chi connectivity index (χ1v) is 8.73. The average Bonchev–Trinajstić information content (AvgIpc) is 3.00. The van der Waals surface area contributed by atoms with Gasteiger partial charge in [0, 0.05) is 19.2 Å². The normalized spacial score (nSPS) is 16.4. The molecule has 23 heavy (non-hydrogen) atoms. The number of hydrogen-bond acceptors (Lipinski definition) is 6. The van der Waals surface area contributed by atoms with E-state index in [9.17, 15) is 8.42 Å². The Morgan fingerprint density at radius 3 is 2.52 bits per heavy atom. The van der Waals surface area contributed by atoms with Crippen LogP contribution in [0.15, 0.2) is 39.8 Å². The summed E-state index contributed by atoms with van der Waals surface area (Å²) in [5.74, 6) is 1.29. The van der Waals surface area contributed by atoms with Crippen molar-refractivity contribution in [1.82, 2.24) is 9.46 Å². The molecule has 0 unspecified atom stereocenters. The van der Waals surface area contributed by atoms with Gasteiger partial charge < -0.3 is 14.0 Å². The SMILES string of the molecule is Cc1cc(COc2ccc(S(=O)(=O)N3CCOCC3)cc2)no1. The molecule has 0 radical (unpaired) electrons. The average molecular weight is 338 g/mol. The van der Waals surface area contributed by atoms with Gasteiger partial charge in [0.05, 0.1) is 18.1 Å². The van der Waals surface area contributed by atoms with Crippen LogP contribution in [0, 0.1) is 6.92 Å². The summed E-state index contributed by atoms with van der Waals surface area (Å²) in [5.41, 5.74) is 0.688. The maximum absolute atomic E-state index is 12.5. The Morgan fingerprint density at radius 1 is 1.22 bits per heavy atom. The molecular weight excluding hydrogens is 320 g/mol. The summed E-state index contributed by atoms with van der Waals surface area (Å²) < 4.78 is 42.1. The van der Waals surface area contributed by atoms with E-state index in [0.29, 0.717) is 37.7 Å². The van der Waals surface area contributed by atoms with Gasteiger partial charge in [0.15, 0.2) is 0 Å². The molecule has 1 aromatic heterocycles. The molecule has 1 saturated heterocycles. The highest BCUT2D eigenvalue weighted by Gasteiger charge is 2.26. The first kappa shape index (κ1) is 16.0. The molecule has 2 aromatic rings. The summed E-state index contributed by atoms with van der Waals surface area (Å²) in [7, 11) is -3.47. The van der Waals surface area contributed by atoms with Gasteiger partial charge in [-0.05, 0) is 31.2 Å². The first-order chi connectivity index (χ1) is 11.1. The molecule has 0 saturated carbocycles. The van der Waals surface area contributed by atoms with E-state index in [4.69, 9.17) is 14.0 Å². The smallest absolute Gasteiger partial charge is 0.243 e. The third-order valence-electron chi connectivity index (χ3n) is 3.50. The standard InChI is InChI=1S/C15H18N2O5S/c1-12-10-13(16-22-12)11-21-14-2-4-15(5-3-14)23(18,19)17-6-8-20-9-7-17/h2-5,10H,6-9,11H2,1H3. The summed E-state index contributed by atoms with van der Waals surface area (Å²) >= 11 is 0. The van der Waals surface area contributed by atoms with Gasteiger partial charge in [0.1, 0.15) is 23.8 Å². The molecule has 0 amide bonds. The van der Waals surface area contributed by atoms with Gasteiger partial charge in [0.2, 0.25) is 10.0 Å². The lowest BCUT2D eigenvalue weighted by atomic mass is 10.3. The van der Waals surface area contributed by atoms with Crippen molar-refractivity contribution in [1.29, 1.82) is 0 Å². The van der Waals surface area contributed by atoms with Crippen LogP contribution < -0.4 is 4.74 Å². The summed E-state index contributed by atoms with van der Waals surface area (Å²) in [6, 6.07) is 8.17. The monoisotopic (exact) mass is 338 g/mol. The number of rotatable bonds is 5. The highest BCUT2D eigenvalue weighted by molar-refractivity contribution is 7.89. The van der Waals surface area contributed by atoms with Gasteiger partial charge in [-0.25, -0.2) is 8.42 Å². The fourth-order valence-corrected chi connectivity index (χ4v) is 3.70. The minimum atomic E-state index is -3.47. The van der Waals surface area contributed by atoms with E-state index >= 15 is 0 Å². The number of aryl methyl sites for hydroxylation is 1. The Bertz CT molecular complexity index is 748. The lowest BCUT2D eigenvalue weighted by molar-refractivity contribution is 0.0730. The van der Waals surface area contributed by atoms with Crippen LogP contribution in [0.25, 0.3) is 0 Å². The van der Waals surface area contributed by atoms with Gasteiger partial charge in [-0.2, -0.15) is 4.31 Å². The molecule has 124 valence electrons. The highest BCUT2D eigenvalue weighted by Crippen LogP contribution is 2.21. The fourth-order valence-electron chi connectivity index (χ4n) is 2.29. The van der Waals surface area contributed by atoms with Gasteiger partial charge in [-0.15, -0.1) is 0 Å². The first-order valence-electron chi connectivity index (χ1n) is 7.29. The zero-order chi connectivity index (χ0) is 16.3. The van der Waals surface area contributed by atoms with Crippen LogP contribution in [0.5, 0.6) is 5.75 Å². The summed E-state index contributed by atoms with van der Waals surface area (Å²) in [6.07, 6.45) is 0. The Hall–Kier alpha value is -1.90. The topological polar surface area (TPSA) is 81.9 Å². The van der Waals surface area contributed by atoms with Gasteiger partial charge >= 0.3 is 0 Å². The number of benzene rings is 1. The molecule has 1 aliphatic rings. The minimum Gasteiger partial charge on any atom is -0.487 e. The fraction of sp³-hybridized carbons (Fsp3) is 0.400. The molecule has 8 heteroatoms. The number of aromatic nitrogens is 1. The van der Waals surface area contributed by atoms with Crippen molar-refractivity contribution >= 4 is 10.0 Å². The van der Waals surface area contributed by atoms with Crippen LogP contribution in [0.3, 0.4) is 0 Å². The van der Waals surface area contributed by atoms with Gasteiger partial charge in [-0.1, -0.05) is 5.16 Å². The lowest BCUT2D eigenvalue weighted by Crippen LogP contribution is -2.40. The van der Waals surface area contributed by atoms with Crippen molar-refractivity contribution in [3.8, 4) is 5.75 Å². The van der Waals surface area contributed by atoms with E-state index in [-0.39, 0.29) is 11.5 Å². The quantitative estimate of drug-likeness (QED) is 0.823. The molecule has 2 heterocycles.